The fourth-order valence-corrected chi connectivity index (χ4v) is 3.80. The Morgan fingerprint density at radius 2 is 1.79 bits per heavy atom. The molecule has 4 rings (SSSR count). The van der Waals surface area contributed by atoms with Crippen molar-refractivity contribution in [2.24, 2.45) is 0 Å². The van der Waals surface area contributed by atoms with Crippen molar-refractivity contribution < 1.29 is 13.9 Å². The number of amides is 1. The van der Waals surface area contributed by atoms with Gasteiger partial charge in [0.25, 0.3) is 5.91 Å². The van der Waals surface area contributed by atoms with Gasteiger partial charge in [-0.1, -0.05) is 24.3 Å². The van der Waals surface area contributed by atoms with Crippen molar-refractivity contribution >= 4 is 5.91 Å². The zero-order valence-electron chi connectivity index (χ0n) is 16.8. The van der Waals surface area contributed by atoms with Crippen molar-refractivity contribution in [1.29, 1.82) is 0 Å². The molecule has 0 N–H and O–H groups in total. The topological polar surface area (TPSA) is 47.4 Å². The number of halogens is 1. The van der Waals surface area contributed by atoms with Gasteiger partial charge in [-0.3, -0.25) is 4.79 Å². The first-order valence-electron chi connectivity index (χ1n) is 9.79. The minimum absolute atomic E-state index is 0.0379. The lowest BCUT2D eigenvalue weighted by atomic mass is 10.1. The molecule has 2 heterocycles. The van der Waals surface area contributed by atoms with Crippen molar-refractivity contribution in [3.8, 4) is 16.9 Å². The van der Waals surface area contributed by atoms with E-state index in [4.69, 9.17) is 4.74 Å². The average molecular weight is 393 g/mol. The summed E-state index contributed by atoms with van der Waals surface area (Å²) in [5.74, 6) is -0.502. The Kier molecular flexibility index (Phi) is 5.20. The van der Waals surface area contributed by atoms with Crippen molar-refractivity contribution in [2.45, 2.75) is 33.0 Å². The van der Waals surface area contributed by atoms with Crippen LogP contribution in [0.1, 0.15) is 29.9 Å². The monoisotopic (exact) mass is 393 g/mol. The molecule has 150 valence electrons. The van der Waals surface area contributed by atoms with Crippen LogP contribution in [0.25, 0.3) is 16.9 Å². The predicted molar refractivity (Wildman–Crippen MR) is 110 cm³/mol. The number of carbonyl (C=O) groups is 1. The zero-order chi connectivity index (χ0) is 20.5. The molecule has 1 fully saturated rings. The second kappa shape index (κ2) is 7.79. The van der Waals surface area contributed by atoms with Gasteiger partial charge in [-0.15, -0.1) is 0 Å². The number of aromatic nitrogens is 2. The summed E-state index contributed by atoms with van der Waals surface area (Å²) in [5.41, 5.74) is 3.04. The third-order valence-electron chi connectivity index (χ3n) is 5.03. The molecule has 0 bridgehead atoms. The highest BCUT2D eigenvalue weighted by Gasteiger charge is 2.29. The fourth-order valence-electron chi connectivity index (χ4n) is 3.80. The third-order valence-corrected chi connectivity index (χ3v) is 5.03. The normalized spacial score (nSPS) is 19.4. The number of ether oxygens (including phenoxy) is 1. The molecule has 5 nitrogen and oxygen atoms in total. The van der Waals surface area contributed by atoms with Gasteiger partial charge < -0.3 is 9.64 Å². The molecule has 2 unspecified atom stereocenters. The van der Waals surface area contributed by atoms with Crippen LogP contribution in [-0.4, -0.2) is 45.9 Å². The molecular weight excluding hydrogens is 369 g/mol. The van der Waals surface area contributed by atoms with Crippen molar-refractivity contribution in [3.63, 3.8) is 0 Å². The molecule has 3 aromatic rings. The number of hydrogen-bond acceptors (Lipinski definition) is 3. The first-order valence-corrected chi connectivity index (χ1v) is 9.79. The molecular formula is C23H24FN3O2. The maximum atomic E-state index is 14.4. The van der Waals surface area contributed by atoms with E-state index in [1.54, 1.807) is 33.8 Å². The van der Waals surface area contributed by atoms with Gasteiger partial charge >= 0.3 is 0 Å². The Bertz CT molecular complexity index is 1040. The SMILES string of the molecule is Cc1cccc(-n2nc(-c3ccccc3F)cc2C(=O)N2CC(C)OC(C)C2)c1. The van der Waals surface area contributed by atoms with E-state index in [-0.39, 0.29) is 23.9 Å². The second-order valence-corrected chi connectivity index (χ2v) is 7.61. The Labute approximate surface area is 169 Å². The Hall–Kier alpha value is -2.99. The zero-order valence-corrected chi connectivity index (χ0v) is 16.8. The highest BCUT2D eigenvalue weighted by Crippen LogP contribution is 2.26. The number of nitrogens with zero attached hydrogens (tertiary/aromatic N) is 3. The quantitative estimate of drug-likeness (QED) is 0.669. The number of aryl methyl sites for hydroxylation is 1. The van der Waals surface area contributed by atoms with Crippen LogP contribution in [0.3, 0.4) is 0 Å². The largest absolute Gasteiger partial charge is 0.372 e. The molecule has 0 radical (unpaired) electrons. The van der Waals surface area contributed by atoms with Gasteiger partial charge in [0.2, 0.25) is 0 Å². The van der Waals surface area contributed by atoms with Gasteiger partial charge in [0.05, 0.1) is 23.6 Å². The summed E-state index contributed by atoms with van der Waals surface area (Å²) in [5, 5.41) is 4.60. The molecule has 29 heavy (non-hydrogen) atoms. The van der Waals surface area contributed by atoms with Gasteiger partial charge in [0.15, 0.2) is 0 Å². The van der Waals surface area contributed by atoms with E-state index < -0.39 is 0 Å². The van der Waals surface area contributed by atoms with Crippen molar-refractivity contribution in [2.75, 3.05) is 13.1 Å². The van der Waals surface area contributed by atoms with Crippen LogP contribution in [-0.2, 0) is 4.74 Å². The maximum Gasteiger partial charge on any atom is 0.272 e. The standard InChI is InChI=1S/C23H24FN3O2/c1-15-7-6-8-18(11-15)27-22(23(28)26-13-16(2)29-17(3)14-26)12-21(25-27)19-9-4-5-10-20(19)24/h4-12,16-17H,13-14H2,1-3H3. The molecule has 2 aromatic carbocycles. The van der Waals surface area contributed by atoms with Crippen molar-refractivity contribution in [3.05, 3.63) is 71.7 Å². The highest BCUT2D eigenvalue weighted by atomic mass is 19.1. The van der Waals surface area contributed by atoms with E-state index >= 15 is 0 Å². The van der Waals surface area contributed by atoms with Crippen LogP contribution < -0.4 is 0 Å². The van der Waals surface area contributed by atoms with Gasteiger partial charge in [0.1, 0.15) is 11.5 Å². The van der Waals surface area contributed by atoms with Crippen molar-refractivity contribution in [1.82, 2.24) is 14.7 Å². The highest BCUT2D eigenvalue weighted by molar-refractivity contribution is 5.94. The van der Waals surface area contributed by atoms with Gasteiger partial charge in [-0.05, 0) is 56.7 Å². The Balaban J connectivity index is 1.81. The molecule has 1 aliphatic rings. The summed E-state index contributed by atoms with van der Waals surface area (Å²) in [6.45, 7) is 6.92. The van der Waals surface area contributed by atoms with E-state index in [1.165, 1.54) is 6.07 Å². The molecule has 0 saturated carbocycles. The first kappa shape index (κ1) is 19.3. The number of morpholine rings is 1. The molecule has 0 spiro atoms. The van der Waals surface area contributed by atoms with Crippen LogP contribution in [0.5, 0.6) is 0 Å². The summed E-state index contributed by atoms with van der Waals surface area (Å²) < 4.78 is 21.8. The summed E-state index contributed by atoms with van der Waals surface area (Å²) in [7, 11) is 0. The minimum atomic E-state index is -0.367. The summed E-state index contributed by atoms with van der Waals surface area (Å²) in [6, 6.07) is 15.9. The lowest BCUT2D eigenvalue weighted by molar-refractivity contribution is -0.0588. The van der Waals surface area contributed by atoms with E-state index in [1.807, 2.05) is 45.0 Å². The average Bonchev–Trinajstić information content (AvgIpc) is 3.12. The van der Waals surface area contributed by atoms with E-state index in [9.17, 15) is 9.18 Å². The molecule has 2 atom stereocenters. The van der Waals surface area contributed by atoms with Crippen LogP contribution in [0.15, 0.2) is 54.6 Å². The molecule has 1 amide bonds. The van der Waals surface area contributed by atoms with E-state index in [0.717, 1.165) is 11.3 Å². The van der Waals surface area contributed by atoms with Crippen LogP contribution in [0, 0.1) is 12.7 Å². The molecule has 0 aliphatic carbocycles. The Morgan fingerprint density at radius 1 is 1.07 bits per heavy atom. The summed E-state index contributed by atoms with van der Waals surface area (Å²) in [4.78, 5) is 15.2. The lowest BCUT2D eigenvalue weighted by Gasteiger charge is -2.35. The number of rotatable bonds is 3. The summed E-state index contributed by atoms with van der Waals surface area (Å²) >= 11 is 0. The maximum absolute atomic E-state index is 14.4. The van der Waals surface area contributed by atoms with Gasteiger partial charge in [-0.25, -0.2) is 9.07 Å². The molecule has 1 aliphatic heterocycles. The number of benzene rings is 2. The van der Waals surface area contributed by atoms with Gasteiger partial charge in [0, 0.05) is 18.7 Å². The third kappa shape index (κ3) is 3.93. The fraction of sp³-hybridized carbons (Fsp3) is 0.304. The van der Waals surface area contributed by atoms with Crippen LogP contribution in [0.4, 0.5) is 4.39 Å². The first-order chi connectivity index (χ1) is 13.9. The van der Waals surface area contributed by atoms with Crippen LogP contribution >= 0.6 is 0 Å². The number of hydrogen-bond donors (Lipinski definition) is 0. The molecule has 1 saturated heterocycles. The smallest absolute Gasteiger partial charge is 0.272 e. The number of carbonyl (C=O) groups excluding carboxylic acids is 1. The molecule has 1 aromatic heterocycles. The van der Waals surface area contributed by atoms with Crippen LogP contribution in [0.2, 0.25) is 0 Å². The Morgan fingerprint density at radius 3 is 2.48 bits per heavy atom. The van der Waals surface area contributed by atoms with E-state index in [0.29, 0.717) is 30.0 Å². The van der Waals surface area contributed by atoms with E-state index in [2.05, 4.69) is 5.10 Å². The van der Waals surface area contributed by atoms with Gasteiger partial charge in [-0.2, -0.15) is 5.10 Å². The summed E-state index contributed by atoms with van der Waals surface area (Å²) in [6.07, 6.45) is -0.0758. The predicted octanol–water partition coefficient (Wildman–Crippen LogP) is 4.24. The minimum Gasteiger partial charge on any atom is -0.372 e. The second-order valence-electron chi connectivity index (χ2n) is 7.61. The lowest BCUT2D eigenvalue weighted by Crippen LogP contribution is -2.48. The molecule has 6 heteroatoms.